The number of hydrogen-bond donors (Lipinski definition) is 0. The van der Waals surface area contributed by atoms with Gasteiger partial charge in [0.2, 0.25) is 0 Å². The lowest BCUT2D eigenvalue weighted by atomic mass is 10.3. The van der Waals surface area contributed by atoms with E-state index in [4.69, 9.17) is 0 Å². The Kier molecular flexibility index (Phi) is 3.10. The summed E-state index contributed by atoms with van der Waals surface area (Å²) in [6.45, 7) is 0. The van der Waals surface area contributed by atoms with E-state index in [0.29, 0.717) is 0 Å². The number of hydrogen-bond acceptors (Lipinski definition) is 3. The Bertz CT molecular complexity index is 458. The monoisotopic (exact) mass is 286 g/mol. The molecular weight excluding hydrogens is 282 g/mol. The van der Waals surface area contributed by atoms with Gasteiger partial charge in [0.15, 0.2) is 5.82 Å². The highest BCUT2D eigenvalue weighted by atomic mass is 79.9. The highest BCUT2D eigenvalue weighted by molar-refractivity contribution is 9.10. The molecule has 0 aromatic heterocycles. The van der Waals surface area contributed by atoms with E-state index in [1.165, 1.54) is 7.11 Å². The van der Waals surface area contributed by atoms with Gasteiger partial charge in [0.25, 0.3) is 0 Å². The van der Waals surface area contributed by atoms with Crippen molar-refractivity contribution in [3.05, 3.63) is 22.4 Å². The molecule has 0 aliphatic heterocycles. The molecule has 0 amide bonds. The van der Waals surface area contributed by atoms with E-state index in [2.05, 4.69) is 20.7 Å². The molecule has 0 radical (unpaired) electrons. The molecule has 78 valence electrons. The third kappa shape index (κ3) is 2.03. The maximum atomic E-state index is 13.2. The fourth-order valence-electron chi connectivity index (χ4n) is 0.860. The van der Waals surface area contributed by atoms with Gasteiger partial charge in [0, 0.05) is 0 Å². The number of rotatable bonds is 2. The Morgan fingerprint density at radius 2 is 2.00 bits per heavy atom. The van der Waals surface area contributed by atoms with Gasteiger partial charge in [-0.3, -0.25) is 0 Å². The van der Waals surface area contributed by atoms with Gasteiger partial charge in [-0.1, -0.05) is 0 Å². The van der Waals surface area contributed by atoms with Crippen LogP contribution in [-0.4, -0.2) is 15.5 Å². The predicted molar refractivity (Wildman–Crippen MR) is 48.9 cm³/mol. The number of halogens is 3. The zero-order valence-electron chi connectivity index (χ0n) is 6.92. The molecular formula is C7H5BrF2O3S. The van der Waals surface area contributed by atoms with Crippen molar-refractivity contribution in [2.45, 2.75) is 4.90 Å². The standard InChI is InChI=1S/C7H5BrF2O3S/c1-13-4-2-3-5(14(10,11)12)7(9)6(4)8/h2-3H,1H3. The van der Waals surface area contributed by atoms with Crippen LogP contribution in [0.15, 0.2) is 21.5 Å². The largest absolute Gasteiger partial charge is 0.495 e. The average molecular weight is 287 g/mol. The summed E-state index contributed by atoms with van der Waals surface area (Å²) in [4.78, 5) is -1.01. The normalized spacial score (nSPS) is 11.4. The van der Waals surface area contributed by atoms with Crippen LogP contribution in [0.4, 0.5) is 8.28 Å². The van der Waals surface area contributed by atoms with Crippen LogP contribution in [0.3, 0.4) is 0 Å². The quantitative estimate of drug-likeness (QED) is 0.784. The van der Waals surface area contributed by atoms with E-state index in [0.717, 1.165) is 12.1 Å². The summed E-state index contributed by atoms with van der Waals surface area (Å²) < 4.78 is 51.0. The maximum absolute atomic E-state index is 13.2. The van der Waals surface area contributed by atoms with Gasteiger partial charge >= 0.3 is 10.2 Å². The average Bonchev–Trinajstić information content (AvgIpc) is 2.07. The van der Waals surface area contributed by atoms with Crippen molar-refractivity contribution in [2.75, 3.05) is 7.11 Å². The van der Waals surface area contributed by atoms with Gasteiger partial charge in [-0.05, 0) is 28.1 Å². The van der Waals surface area contributed by atoms with Crippen LogP contribution in [0, 0.1) is 5.82 Å². The molecule has 0 spiro atoms. The first-order chi connectivity index (χ1) is 6.38. The van der Waals surface area contributed by atoms with Crippen molar-refractivity contribution in [2.24, 2.45) is 0 Å². The lowest BCUT2D eigenvalue weighted by Crippen LogP contribution is -1.98. The molecule has 0 unspecified atom stereocenters. The molecule has 0 heterocycles. The van der Waals surface area contributed by atoms with E-state index in [-0.39, 0.29) is 10.2 Å². The van der Waals surface area contributed by atoms with Crippen molar-refractivity contribution >= 4 is 26.2 Å². The summed E-state index contributed by atoms with van der Waals surface area (Å²) >= 11 is 2.75. The van der Waals surface area contributed by atoms with Crippen molar-refractivity contribution in [3.8, 4) is 5.75 Å². The van der Waals surface area contributed by atoms with Crippen LogP contribution < -0.4 is 4.74 Å². The smallest absolute Gasteiger partial charge is 0.335 e. The summed E-state index contributed by atoms with van der Waals surface area (Å²) in [7, 11) is -3.76. The molecule has 0 N–H and O–H groups in total. The second-order valence-electron chi connectivity index (χ2n) is 2.33. The Morgan fingerprint density at radius 1 is 1.43 bits per heavy atom. The van der Waals surface area contributed by atoms with Crippen LogP contribution in [-0.2, 0) is 10.2 Å². The van der Waals surface area contributed by atoms with E-state index < -0.39 is 20.9 Å². The van der Waals surface area contributed by atoms with E-state index in [1.54, 1.807) is 0 Å². The van der Waals surface area contributed by atoms with Crippen molar-refractivity contribution < 1.29 is 21.4 Å². The molecule has 0 fully saturated rings. The fraction of sp³-hybridized carbons (Fsp3) is 0.143. The van der Waals surface area contributed by atoms with Crippen LogP contribution in [0.25, 0.3) is 0 Å². The molecule has 1 aromatic carbocycles. The Morgan fingerprint density at radius 3 is 2.43 bits per heavy atom. The number of benzene rings is 1. The van der Waals surface area contributed by atoms with Gasteiger partial charge in [0.05, 0.1) is 11.6 Å². The van der Waals surface area contributed by atoms with Crippen molar-refractivity contribution in [3.63, 3.8) is 0 Å². The SMILES string of the molecule is COc1ccc(S(=O)(=O)F)c(F)c1Br. The topological polar surface area (TPSA) is 43.4 Å². The predicted octanol–water partition coefficient (Wildman–Crippen LogP) is 2.26. The molecule has 14 heavy (non-hydrogen) atoms. The third-order valence-corrected chi connectivity index (χ3v) is 3.07. The van der Waals surface area contributed by atoms with Crippen LogP contribution in [0.1, 0.15) is 0 Å². The lowest BCUT2D eigenvalue weighted by Gasteiger charge is -2.05. The zero-order valence-corrected chi connectivity index (χ0v) is 9.32. The van der Waals surface area contributed by atoms with E-state index >= 15 is 0 Å². The molecule has 1 rings (SSSR count). The molecule has 1 aromatic rings. The van der Waals surface area contributed by atoms with Crippen molar-refractivity contribution in [1.82, 2.24) is 0 Å². The van der Waals surface area contributed by atoms with Gasteiger partial charge in [-0.15, -0.1) is 3.89 Å². The van der Waals surface area contributed by atoms with Crippen LogP contribution in [0.2, 0.25) is 0 Å². The molecule has 3 nitrogen and oxygen atoms in total. The molecule has 0 saturated carbocycles. The molecule has 0 bridgehead atoms. The minimum atomic E-state index is -5.04. The molecule has 0 atom stereocenters. The van der Waals surface area contributed by atoms with Crippen LogP contribution in [0.5, 0.6) is 5.75 Å². The van der Waals surface area contributed by atoms with Crippen LogP contribution >= 0.6 is 15.9 Å². The summed E-state index contributed by atoms with van der Waals surface area (Å²) in [6.07, 6.45) is 0. The molecule has 0 aliphatic carbocycles. The Balaban J connectivity index is 3.47. The zero-order chi connectivity index (χ0) is 10.9. The fourth-order valence-corrected chi connectivity index (χ4v) is 2.05. The van der Waals surface area contributed by atoms with Gasteiger partial charge in [0.1, 0.15) is 10.6 Å². The first kappa shape index (κ1) is 11.4. The number of methoxy groups -OCH3 is 1. The first-order valence-corrected chi connectivity index (χ1v) is 5.52. The number of ether oxygens (including phenoxy) is 1. The third-order valence-electron chi connectivity index (χ3n) is 1.49. The van der Waals surface area contributed by atoms with E-state index in [1.807, 2.05) is 0 Å². The molecule has 0 aliphatic rings. The lowest BCUT2D eigenvalue weighted by molar-refractivity contribution is 0.405. The minimum absolute atomic E-state index is 0.0925. The van der Waals surface area contributed by atoms with Gasteiger partial charge in [-0.25, -0.2) is 4.39 Å². The molecule has 7 heteroatoms. The maximum Gasteiger partial charge on any atom is 0.335 e. The Labute approximate surface area is 88.0 Å². The summed E-state index contributed by atoms with van der Waals surface area (Å²) in [5.74, 6) is -1.11. The van der Waals surface area contributed by atoms with Gasteiger partial charge < -0.3 is 4.74 Å². The Hall–Kier alpha value is -0.690. The van der Waals surface area contributed by atoms with E-state index in [9.17, 15) is 16.7 Å². The van der Waals surface area contributed by atoms with Gasteiger partial charge in [-0.2, -0.15) is 8.42 Å². The summed E-state index contributed by atoms with van der Waals surface area (Å²) in [5, 5.41) is 0. The first-order valence-electron chi connectivity index (χ1n) is 3.34. The molecule has 0 saturated heterocycles. The summed E-state index contributed by atoms with van der Waals surface area (Å²) in [5.41, 5.74) is 0. The highest BCUT2D eigenvalue weighted by Gasteiger charge is 2.21. The second-order valence-corrected chi connectivity index (χ2v) is 4.44. The highest BCUT2D eigenvalue weighted by Crippen LogP contribution is 2.32. The van der Waals surface area contributed by atoms with Crippen molar-refractivity contribution in [1.29, 1.82) is 0 Å². The second kappa shape index (κ2) is 3.82. The minimum Gasteiger partial charge on any atom is -0.495 e. The summed E-state index contributed by atoms with van der Waals surface area (Å²) in [6, 6.07) is 1.95.